The molecule has 0 amide bonds. The zero-order chi connectivity index (χ0) is 9.80. The lowest BCUT2D eigenvalue weighted by atomic mass is 10.1. The molecular weight excluding hydrogens is 210 g/mol. The average Bonchev–Trinajstić information content (AvgIpc) is 2.26. The Kier molecular flexibility index (Phi) is 4.40. The van der Waals surface area contributed by atoms with Crippen LogP contribution in [0.15, 0.2) is 42.5 Å². The SMILES string of the molecule is Cl.NCCOc1cccc2ccccc12. The van der Waals surface area contributed by atoms with Gasteiger partial charge in [0.2, 0.25) is 0 Å². The van der Waals surface area contributed by atoms with E-state index in [-0.39, 0.29) is 12.4 Å². The normalized spacial score (nSPS) is 9.67. The monoisotopic (exact) mass is 223 g/mol. The molecule has 0 aromatic heterocycles. The van der Waals surface area contributed by atoms with Crippen LogP contribution in [-0.2, 0) is 0 Å². The topological polar surface area (TPSA) is 35.2 Å². The second-order valence-corrected chi connectivity index (χ2v) is 3.11. The van der Waals surface area contributed by atoms with Crippen molar-refractivity contribution in [1.29, 1.82) is 0 Å². The molecule has 2 nitrogen and oxygen atoms in total. The molecule has 0 radical (unpaired) electrons. The number of hydrogen-bond donors (Lipinski definition) is 1. The van der Waals surface area contributed by atoms with Crippen LogP contribution in [0.5, 0.6) is 5.75 Å². The van der Waals surface area contributed by atoms with Crippen LogP contribution in [0, 0.1) is 0 Å². The van der Waals surface area contributed by atoms with Gasteiger partial charge in [0.25, 0.3) is 0 Å². The van der Waals surface area contributed by atoms with E-state index in [0.29, 0.717) is 13.2 Å². The van der Waals surface area contributed by atoms with Crippen LogP contribution in [0.25, 0.3) is 10.8 Å². The number of rotatable bonds is 3. The average molecular weight is 224 g/mol. The number of hydrogen-bond acceptors (Lipinski definition) is 2. The quantitative estimate of drug-likeness (QED) is 0.868. The minimum absolute atomic E-state index is 0. The van der Waals surface area contributed by atoms with Crippen molar-refractivity contribution in [3.63, 3.8) is 0 Å². The predicted octanol–water partition coefficient (Wildman–Crippen LogP) is 2.60. The van der Waals surface area contributed by atoms with Gasteiger partial charge < -0.3 is 10.5 Å². The maximum Gasteiger partial charge on any atom is 0.127 e. The van der Waals surface area contributed by atoms with Crippen molar-refractivity contribution >= 4 is 23.2 Å². The Bertz CT molecular complexity index is 425. The Labute approximate surface area is 95.4 Å². The van der Waals surface area contributed by atoms with E-state index < -0.39 is 0 Å². The molecule has 0 saturated heterocycles. The van der Waals surface area contributed by atoms with Crippen LogP contribution in [-0.4, -0.2) is 13.2 Å². The lowest BCUT2D eigenvalue weighted by molar-refractivity contribution is 0.332. The smallest absolute Gasteiger partial charge is 0.127 e. The van der Waals surface area contributed by atoms with Gasteiger partial charge in [-0.2, -0.15) is 0 Å². The largest absolute Gasteiger partial charge is 0.492 e. The van der Waals surface area contributed by atoms with Gasteiger partial charge in [0.15, 0.2) is 0 Å². The van der Waals surface area contributed by atoms with Crippen molar-refractivity contribution < 1.29 is 4.74 Å². The van der Waals surface area contributed by atoms with E-state index in [9.17, 15) is 0 Å². The van der Waals surface area contributed by atoms with E-state index in [1.807, 2.05) is 24.3 Å². The molecule has 2 N–H and O–H groups in total. The van der Waals surface area contributed by atoms with Gasteiger partial charge in [-0.1, -0.05) is 36.4 Å². The molecule has 0 bridgehead atoms. The van der Waals surface area contributed by atoms with E-state index >= 15 is 0 Å². The molecule has 2 aromatic carbocycles. The van der Waals surface area contributed by atoms with E-state index in [4.69, 9.17) is 10.5 Å². The van der Waals surface area contributed by atoms with E-state index in [1.165, 1.54) is 5.39 Å². The third-order valence-electron chi connectivity index (χ3n) is 2.13. The first-order valence-corrected chi connectivity index (χ1v) is 4.72. The van der Waals surface area contributed by atoms with Crippen LogP contribution in [0.1, 0.15) is 0 Å². The van der Waals surface area contributed by atoms with Crippen LogP contribution in [0.4, 0.5) is 0 Å². The van der Waals surface area contributed by atoms with Gasteiger partial charge in [-0.15, -0.1) is 12.4 Å². The summed E-state index contributed by atoms with van der Waals surface area (Å²) < 4.78 is 5.54. The zero-order valence-corrected chi connectivity index (χ0v) is 9.17. The van der Waals surface area contributed by atoms with Crippen molar-refractivity contribution in [2.45, 2.75) is 0 Å². The van der Waals surface area contributed by atoms with E-state index in [2.05, 4.69) is 18.2 Å². The van der Waals surface area contributed by atoms with Crippen LogP contribution < -0.4 is 10.5 Å². The summed E-state index contributed by atoms with van der Waals surface area (Å²) in [6.45, 7) is 1.11. The highest BCUT2D eigenvalue weighted by Crippen LogP contribution is 2.24. The molecule has 0 heterocycles. The molecule has 80 valence electrons. The fourth-order valence-electron chi connectivity index (χ4n) is 1.49. The molecule has 0 aliphatic heterocycles. The fraction of sp³-hybridized carbons (Fsp3) is 0.167. The molecular formula is C12H14ClNO. The second kappa shape index (κ2) is 5.59. The molecule has 15 heavy (non-hydrogen) atoms. The van der Waals surface area contributed by atoms with Crippen molar-refractivity contribution in [3.05, 3.63) is 42.5 Å². The molecule has 0 aliphatic rings. The first-order valence-electron chi connectivity index (χ1n) is 4.72. The van der Waals surface area contributed by atoms with Gasteiger partial charge in [-0.3, -0.25) is 0 Å². The number of benzene rings is 2. The summed E-state index contributed by atoms with van der Waals surface area (Å²) in [5, 5.41) is 2.34. The number of fused-ring (bicyclic) bond motifs is 1. The summed E-state index contributed by atoms with van der Waals surface area (Å²) in [5.41, 5.74) is 5.40. The van der Waals surface area contributed by atoms with Crippen molar-refractivity contribution in [2.24, 2.45) is 5.73 Å². The Balaban J connectivity index is 0.00000112. The Hall–Kier alpha value is -1.25. The van der Waals surface area contributed by atoms with Crippen LogP contribution >= 0.6 is 12.4 Å². The van der Waals surface area contributed by atoms with E-state index in [1.54, 1.807) is 0 Å². The van der Waals surface area contributed by atoms with Gasteiger partial charge in [0.05, 0.1) is 0 Å². The molecule has 2 rings (SSSR count). The first kappa shape index (κ1) is 11.8. The predicted molar refractivity (Wildman–Crippen MR) is 65.7 cm³/mol. The Morgan fingerprint density at radius 1 is 1.00 bits per heavy atom. The molecule has 3 heteroatoms. The van der Waals surface area contributed by atoms with Crippen molar-refractivity contribution in [1.82, 2.24) is 0 Å². The lowest BCUT2D eigenvalue weighted by Crippen LogP contribution is -2.10. The highest BCUT2D eigenvalue weighted by Gasteiger charge is 1.99. The van der Waals surface area contributed by atoms with Gasteiger partial charge in [0.1, 0.15) is 12.4 Å². The lowest BCUT2D eigenvalue weighted by Gasteiger charge is -2.07. The maximum atomic E-state index is 5.54. The molecule has 0 unspecified atom stereocenters. The third kappa shape index (κ3) is 2.61. The third-order valence-corrected chi connectivity index (χ3v) is 2.13. The Morgan fingerprint density at radius 3 is 2.53 bits per heavy atom. The number of ether oxygens (including phenoxy) is 1. The highest BCUT2D eigenvalue weighted by atomic mass is 35.5. The van der Waals surface area contributed by atoms with Crippen molar-refractivity contribution in [3.8, 4) is 5.75 Å². The fourth-order valence-corrected chi connectivity index (χ4v) is 1.49. The molecule has 2 aromatic rings. The number of nitrogens with two attached hydrogens (primary N) is 1. The summed E-state index contributed by atoms with van der Waals surface area (Å²) in [7, 11) is 0. The van der Waals surface area contributed by atoms with Gasteiger partial charge in [-0.25, -0.2) is 0 Å². The Morgan fingerprint density at radius 2 is 1.73 bits per heavy atom. The standard InChI is InChI=1S/C12H13NO.ClH/c13-8-9-14-12-7-3-5-10-4-1-2-6-11(10)12;/h1-7H,8-9,13H2;1H. The summed E-state index contributed by atoms with van der Waals surface area (Å²) in [6, 6.07) is 14.2. The molecule has 0 spiro atoms. The molecule has 0 atom stereocenters. The second-order valence-electron chi connectivity index (χ2n) is 3.11. The van der Waals surface area contributed by atoms with E-state index in [0.717, 1.165) is 11.1 Å². The van der Waals surface area contributed by atoms with Crippen LogP contribution in [0.2, 0.25) is 0 Å². The van der Waals surface area contributed by atoms with Gasteiger partial charge in [0, 0.05) is 11.9 Å². The summed E-state index contributed by atoms with van der Waals surface area (Å²) in [6.07, 6.45) is 0. The molecule has 0 fully saturated rings. The minimum Gasteiger partial charge on any atom is -0.492 e. The minimum atomic E-state index is 0. The molecule has 0 aliphatic carbocycles. The van der Waals surface area contributed by atoms with Gasteiger partial charge in [-0.05, 0) is 11.5 Å². The summed E-state index contributed by atoms with van der Waals surface area (Å²) >= 11 is 0. The highest BCUT2D eigenvalue weighted by molar-refractivity contribution is 5.88. The molecule has 0 saturated carbocycles. The van der Waals surface area contributed by atoms with Gasteiger partial charge >= 0.3 is 0 Å². The number of halogens is 1. The first-order chi connectivity index (χ1) is 6.92. The summed E-state index contributed by atoms with van der Waals surface area (Å²) in [5.74, 6) is 0.911. The van der Waals surface area contributed by atoms with Crippen LogP contribution in [0.3, 0.4) is 0 Å². The zero-order valence-electron chi connectivity index (χ0n) is 8.35. The maximum absolute atomic E-state index is 5.54. The summed E-state index contributed by atoms with van der Waals surface area (Å²) in [4.78, 5) is 0. The van der Waals surface area contributed by atoms with Crippen molar-refractivity contribution in [2.75, 3.05) is 13.2 Å².